The summed E-state index contributed by atoms with van der Waals surface area (Å²) in [5, 5.41) is 3.21. The van der Waals surface area contributed by atoms with Gasteiger partial charge in [-0.05, 0) is 50.9 Å². The van der Waals surface area contributed by atoms with Crippen molar-refractivity contribution < 1.29 is 13.5 Å². The van der Waals surface area contributed by atoms with Crippen LogP contribution in [-0.4, -0.2) is 41.3 Å². The third-order valence-electron chi connectivity index (χ3n) is 6.44. The normalized spacial score (nSPS) is 29.7. The van der Waals surface area contributed by atoms with E-state index in [-0.39, 0.29) is 6.10 Å². The molecule has 1 aliphatic carbocycles. The quantitative estimate of drug-likeness (QED) is 0.926. The number of benzene rings is 1. The fourth-order valence-corrected chi connectivity index (χ4v) is 4.76. The zero-order chi connectivity index (χ0) is 17.2. The Hall–Kier alpha value is -1.53. The van der Waals surface area contributed by atoms with E-state index in [4.69, 9.17) is 9.72 Å². The first-order chi connectivity index (χ1) is 12.0. The molecule has 1 saturated carbocycles. The molecule has 4 nitrogen and oxygen atoms in total. The Labute approximate surface area is 145 Å². The topological polar surface area (TPSA) is 39.1 Å². The standard InChI is InChI=1S/C19H23F2N3O/c1-12-3-2-4-14-15(12)23-17(24(14)11-13-5-10-25-13)16-18(19(16,20)21)6-8-22-9-7-18/h2-4,13,16,22H,5-11H2,1H3/t13-,16?/m0/s1. The number of ether oxygens (including phenoxy) is 1. The number of hydrogen-bond donors (Lipinski definition) is 1. The molecule has 6 heteroatoms. The van der Waals surface area contributed by atoms with Crippen molar-refractivity contribution in [3.05, 3.63) is 29.6 Å². The second-order valence-corrected chi connectivity index (χ2v) is 7.77. The average Bonchev–Trinajstić information content (AvgIpc) is 2.86. The fraction of sp³-hybridized carbons (Fsp3) is 0.632. The molecule has 134 valence electrons. The van der Waals surface area contributed by atoms with Gasteiger partial charge in [0.05, 0.1) is 35.0 Å². The lowest BCUT2D eigenvalue weighted by molar-refractivity contribution is -0.0591. The molecule has 1 aromatic heterocycles. The van der Waals surface area contributed by atoms with Gasteiger partial charge < -0.3 is 14.6 Å². The number of nitrogens with one attached hydrogen (secondary N) is 1. The van der Waals surface area contributed by atoms with Crippen LogP contribution in [0.2, 0.25) is 0 Å². The van der Waals surface area contributed by atoms with E-state index >= 15 is 0 Å². The average molecular weight is 347 g/mol. The molecule has 3 aliphatic rings. The zero-order valence-electron chi connectivity index (χ0n) is 14.4. The van der Waals surface area contributed by atoms with Crippen molar-refractivity contribution in [1.29, 1.82) is 0 Å². The predicted octanol–water partition coefficient (Wildman–Crippen LogP) is 3.24. The van der Waals surface area contributed by atoms with E-state index in [2.05, 4.69) is 5.32 Å². The fourth-order valence-electron chi connectivity index (χ4n) is 4.76. The molecule has 5 rings (SSSR count). The van der Waals surface area contributed by atoms with E-state index in [0.29, 0.717) is 38.3 Å². The van der Waals surface area contributed by atoms with Gasteiger partial charge in [0.1, 0.15) is 5.82 Å². The second-order valence-electron chi connectivity index (χ2n) is 7.77. The Bertz CT molecular complexity index is 821. The number of alkyl halides is 2. The minimum Gasteiger partial charge on any atom is -0.376 e. The van der Waals surface area contributed by atoms with E-state index in [0.717, 1.165) is 29.6 Å². The number of piperidine rings is 1. The number of aryl methyl sites for hydroxylation is 1. The van der Waals surface area contributed by atoms with Crippen LogP contribution in [-0.2, 0) is 11.3 Å². The largest absolute Gasteiger partial charge is 0.376 e. The lowest BCUT2D eigenvalue weighted by Gasteiger charge is -2.28. The van der Waals surface area contributed by atoms with Crippen LogP contribution < -0.4 is 5.32 Å². The van der Waals surface area contributed by atoms with Gasteiger partial charge in [-0.3, -0.25) is 0 Å². The molecule has 2 atom stereocenters. The van der Waals surface area contributed by atoms with Crippen LogP contribution >= 0.6 is 0 Å². The number of aromatic nitrogens is 2. The summed E-state index contributed by atoms with van der Waals surface area (Å²) >= 11 is 0. The van der Waals surface area contributed by atoms with Crippen molar-refractivity contribution in [2.45, 2.75) is 50.7 Å². The predicted molar refractivity (Wildman–Crippen MR) is 91.1 cm³/mol. The summed E-state index contributed by atoms with van der Waals surface area (Å²) in [6.45, 7) is 4.71. The number of hydrogen-bond acceptors (Lipinski definition) is 3. The van der Waals surface area contributed by atoms with Gasteiger partial charge >= 0.3 is 0 Å². The Morgan fingerprint density at radius 1 is 1.32 bits per heavy atom. The Kier molecular flexibility index (Phi) is 3.29. The van der Waals surface area contributed by atoms with Crippen LogP contribution in [0.15, 0.2) is 18.2 Å². The Morgan fingerprint density at radius 2 is 2.08 bits per heavy atom. The van der Waals surface area contributed by atoms with Crippen molar-refractivity contribution in [2.75, 3.05) is 19.7 Å². The van der Waals surface area contributed by atoms with E-state index in [1.165, 1.54) is 0 Å². The molecule has 2 aromatic rings. The number of imidazole rings is 1. The number of para-hydroxylation sites is 1. The van der Waals surface area contributed by atoms with Crippen LogP contribution in [0.1, 0.15) is 36.6 Å². The van der Waals surface area contributed by atoms with Gasteiger partial charge in [0.25, 0.3) is 5.92 Å². The highest BCUT2D eigenvalue weighted by Gasteiger charge is 2.81. The van der Waals surface area contributed by atoms with Gasteiger partial charge in [0, 0.05) is 6.61 Å². The molecule has 1 unspecified atom stereocenters. The van der Waals surface area contributed by atoms with Crippen LogP contribution in [0.3, 0.4) is 0 Å². The minimum absolute atomic E-state index is 0.119. The molecule has 2 saturated heterocycles. The summed E-state index contributed by atoms with van der Waals surface area (Å²) in [4.78, 5) is 4.74. The summed E-state index contributed by atoms with van der Waals surface area (Å²) in [5.41, 5.74) is 1.93. The van der Waals surface area contributed by atoms with Gasteiger partial charge in [-0.2, -0.15) is 0 Å². The monoisotopic (exact) mass is 347 g/mol. The molecule has 1 N–H and O–H groups in total. The lowest BCUT2D eigenvalue weighted by Crippen LogP contribution is -2.33. The van der Waals surface area contributed by atoms with Crippen LogP contribution in [0.5, 0.6) is 0 Å². The molecular weight excluding hydrogens is 324 g/mol. The maximum absolute atomic E-state index is 15.0. The van der Waals surface area contributed by atoms with Crippen LogP contribution in [0, 0.1) is 12.3 Å². The molecule has 3 heterocycles. The number of halogens is 2. The van der Waals surface area contributed by atoms with Crippen molar-refractivity contribution in [3.8, 4) is 0 Å². The molecular formula is C19H23F2N3O. The maximum Gasteiger partial charge on any atom is 0.265 e. The molecule has 0 radical (unpaired) electrons. The smallest absolute Gasteiger partial charge is 0.265 e. The van der Waals surface area contributed by atoms with Gasteiger partial charge in [0.15, 0.2) is 0 Å². The van der Waals surface area contributed by atoms with Crippen molar-refractivity contribution in [1.82, 2.24) is 14.9 Å². The van der Waals surface area contributed by atoms with E-state index in [9.17, 15) is 8.78 Å². The molecule has 25 heavy (non-hydrogen) atoms. The molecule has 0 bridgehead atoms. The Balaban J connectivity index is 1.63. The summed E-state index contributed by atoms with van der Waals surface area (Å²) in [6, 6.07) is 5.97. The third-order valence-corrected chi connectivity index (χ3v) is 6.44. The SMILES string of the molecule is Cc1cccc2c1nc(C1C(F)(F)C13CCNCC3)n2C[C@@H]1CCO1. The lowest BCUT2D eigenvalue weighted by atomic mass is 9.91. The summed E-state index contributed by atoms with van der Waals surface area (Å²) < 4.78 is 37.5. The first-order valence-electron chi connectivity index (χ1n) is 9.20. The minimum atomic E-state index is -2.66. The van der Waals surface area contributed by atoms with Gasteiger partial charge in [-0.15, -0.1) is 0 Å². The van der Waals surface area contributed by atoms with Gasteiger partial charge in [-0.1, -0.05) is 12.1 Å². The van der Waals surface area contributed by atoms with E-state index < -0.39 is 17.3 Å². The molecule has 3 fully saturated rings. The first-order valence-corrected chi connectivity index (χ1v) is 9.20. The number of fused-ring (bicyclic) bond motifs is 1. The van der Waals surface area contributed by atoms with Gasteiger partial charge in [0.2, 0.25) is 0 Å². The van der Waals surface area contributed by atoms with Crippen LogP contribution in [0.25, 0.3) is 11.0 Å². The second kappa shape index (κ2) is 5.24. The molecule has 0 amide bonds. The number of nitrogens with zero attached hydrogens (tertiary/aromatic N) is 2. The third kappa shape index (κ3) is 2.07. The van der Waals surface area contributed by atoms with E-state index in [1.54, 1.807) is 0 Å². The molecule has 2 aliphatic heterocycles. The summed E-state index contributed by atoms with van der Waals surface area (Å²) in [5.74, 6) is -2.87. The Morgan fingerprint density at radius 3 is 2.76 bits per heavy atom. The highest BCUT2D eigenvalue weighted by atomic mass is 19.3. The molecule has 1 spiro atoms. The number of rotatable bonds is 3. The van der Waals surface area contributed by atoms with Crippen molar-refractivity contribution >= 4 is 11.0 Å². The zero-order valence-corrected chi connectivity index (χ0v) is 14.4. The highest BCUT2D eigenvalue weighted by Crippen LogP contribution is 2.74. The van der Waals surface area contributed by atoms with E-state index in [1.807, 2.05) is 29.7 Å². The maximum atomic E-state index is 15.0. The van der Waals surface area contributed by atoms with Crippen molar-refractivity contribution in [2.24, 2.45) is 5.41 Å². The highest BCUT2D eigenvalue weighted by molar-refractivity contribution is 5.80. The summed E-state index contributed by atoms with van der Waals surface area (Å²) in [7, 11) is 0. The van der Waals surface area contributed by atoms with Gasteiger partial charge in [-0.25, -0.2) is 13.8 Å². The first kappa shape index (κ1) is 15.7. The molecule has 1 aromatic carbocycles. The van der Waals surface area contributed by atoms with Crippen molar-refractivity contribution in [3.63, 3.8) is 0 Å². The summed E-state index contributed by atoms with van der Waals surface area (Å²) in [6.07, 6.45) is 2.15. The van der Waals surface area contributed by atoms with Crippen LogP contribution in [0.4, 0.5) is 8.78 Å².